The monoisotopic (exact) mass is 314 g/mol. The van der Waals surface area contributed by atoms with Crippen LogP contribution in [0.5, 0.6) is 0 Å². The van der Waals surface area contributed by atoms with Crippen molar-refractivity contribution < 1.29 is 23.0 Å². The SMILES string of the molecule is COCCOCCNC(=O)N1CCc2c(F)ccc(F)c2C1. The fourth-order valence-corrected chi connectivity index (χ4v) is 2.35. The van der Waals surface area contributed by atoms with Gasteiger partial charge in [0.15, 0.2) is 0 Å². The van der Waals surface area contributed by atoms with E-state index in [0.29, 0.717) is 44.9 Å². The molecule has 0 fully saturated rings. The number of fused-ring (bicyclic) bond motifs is 1. The van der Waals surface area contributed by atoms with E-state index in [-0.39, 0.29) is 18.1 Å². The molecule has 1 aliphatic rings. The summed E-state index contributed by atoms with van der Waals surface area (Å²) in [5, 5.41) is 2.70. The zero-order chi connectivity index (χ0) is 15.9. The van der Waals surface area contributed by atoms with E-state index in [0.717, 1.165) is 12.1 Å². The van der Waals surface area contributed by atoms with E-state index >= 15 is 0 Å². The number of hydrogen-bond acceptors (Lipinski definition) is 3. The predicted octanol–water partition coefficient (Wildman–Crippen LogP) is 1.70. The van der Waals surface area contributed by atoms with Gasteiger partial charge in [0.25, 0.3) is 0 Å². The van der Waals surface area contributed by atoms with E-state index in [4.69, 9.17) is 9.47 Å². The van der Waals surface area contributed by atoms with Crippen LogP contribution < -0.4 is 5.32 Å². The summed E-state index contributed by atoms with van der Waals surface area (Å²) in [6, 6.07) is 1.92. The van der Waals surface area contributed by atoms with Crippen LogP contribution in [0.3, 0.4) is 0 Å². The molecule has 0 spiro atoms. The number of carbonyl (C=O) groups is 1. The number of hydrogen-bond donors (Lipinski definition) is 1. The average Bonchev–Trinajstić information content (AvgIpc) is 2.54. The Bertz CT molecular complexity index is 526. The minimum atomic E-state index is -0.475. The quantitative estimate of drug-likeness (QED) is 0.813. The van der Waals surface area contributed by atoms with Crippen LogP contribution in [-0.4, -0.2) is 51.0 Å². The Balaban J connectivity index is 1.82. The van der Waals surface area contributed by atoms with Gasteiger partial charge in [0.05, 0.1) is 26.4 Å². The molecule has 0 aromatic heterocycles. The third-order valence-corrected chi connectivity index (χ3v) is 3.54. The van der Waals surface area contributed by atoms with Gasteiger partial charge >= 0.3 is 6.03 Å². The van der Waals surface area contributed by atoms with Crippen LogP contribution >= 0.6 is 0 Å². The molecule has 2 rings (SSSR count). The highest BCUT2D eigenvalue weighted by molar-refractivity contribution is 5.74. The molecule has 0 saturated carbocycles. The van der Waals surface area contributed by atoms with Gasteiger partial charge in [0, 0.05) is 25.8 Å². The zero-order valence-corrected chi connectivity index (χ0v) is 12.5. The van der Waals surface area contributed by atoms with Crippen molar-refractivity contribution in [3.63, 3.8) is 0 Å². The molecule has 2 amide bonds. The first-order valence-electron chi connectivity index (χ1n) is 7.18. The highest BCUT2D eigenvalue weighted by atomic mass is 19.1. The van der Waals surface area contributed by atoms with Crippen LogP contribution in [0.4, 0.5) is 13.6 Å². The summed E-state index contributed by atoms with van der Waals surface area (Å²) in [5.74, 6) is -0.889. The average molecular weight is 314 g/mol. The van der Waals surface area contributed by atoms with Crippen molar-refractivity contribution >= 4 is 6.03 Å². The normalized spacial score (nSPS) is 13.9. The fourth-order valence-electron chi connectivity index (χ4n) is 2.35. The number of halogens is 2. The molecule has 1 aromatic rings. The summed E-state index contributed by atoms with van der Waals surface area (Å²) >= 11 is 0. The second-order valence-electron chi connectivity index (χ2n) is 4.99. The molecule has 0 radical (unpaired) electrons. The molecule has 1 aliphatic heterocycles. The smallest absolute Gasteiger partial charge is 0.317 e. The molecule has 1 aromatic carbocycles. The second-order valence-corrected chi connectivity index (χ2v) is 4.99. The van der Waals surface area contributed by atoms with E-state index in [1.807, 2.05) is 0 Å². The molecule has 0 unspecified atom stereocenters. The molecule has 22 heavy (non-hydrogen) atoms. The first-order chi connectivity index (χ1) is 10.6. The first-order valence-corrected chi connectivity index (χ1v) is 7.18. The van der Waals surface area contributed by atoms with Crippen molar-refractivity contribution in [3.8, 4) is 0 Å². The molecule has 0 atom stereocenters. The molecule has 5 nitrogen and oxygen atoms in total. The standard InChI is InChI=1S/C15H20F2N2O3/c1-21-8-9-22-7-5-18-15(20)19-6-4-11-12(10-19)14(17)3-2-13(11)16/h2-3H,4-10H2,1H3,(H,18,20). The third kappa shape index (κ3) is 4.14. The van der Waals surface area contributed by atoms with Crippen molar-refractivity contribution in [2.45, 2.75) is 13.0 Å². The fraction of sp³-hybridized carbons (Fsp3) is 0.533. The van der Waals surface area contributed by atoms with E-state index in [2.05, 4.69) is 5.32 Å². The van der Waals surface area contributed by atoms with Gasteiger partial charge < -0.3 is 19.7 Å². The second kappa shape index (κ2) is 8.05. The molecule has 122 valence electrons. The summed E-state index contributed by atoms with van der Waals surface area (Å²) in [6.45, 7) is 2.15. The van der Waals surface area contributed by atoms with Crippen molar-refractivity contribution in [3.05, 3.63) is 34.9 Å². The summed E-state index contributed by atoms with van der Waals surface area (Å²) in [7, 11) is 1.58. The molecule has 1 N–H and O–H groups in total. The van der Waals surface area contributed by atoms with E-state index < -0.39 is 11.6 Å². The summed E-state index contributed by atoms with van der Waals surface area (Å²) < 4.78 is 37.4. The van der Waals surface area contributed by atoms with Gasteiger partial charge in [0.2, 0.25) is 0 Å². The van der Waals surface area contributed by atoms with Gasteiger partial charge in [-0.15, -0.1) is 0 Å². The summed E-state index contributed by atoms with van der Waals surface area (Å²) in [6.07, 6.45) is 0.316. The number of nitrogens with one attached hydrogen (secondary N) is 1. The number of urea groups is 1. The van der Waals surface area contributed by atoms with Gasteiger partial charge in [-0.3, -0.25) is 0 Å². The number of ether oxygens (including phenoxy) is 2. The van der Waals surface area contributed by atoms with Crippen molar-refractivity contribution in [2.24, 2.45) is 0 Å². The number of methoxy groups -OCH3 is 1. The maximum Gasteiger partial charge on any atom is 0.317 e. The maximum atomic E-state index is 13.8. The molecular formula is C15H20F2N2O3. The summed E-state index contributed by atoms with van der Waals surface area (Å²) in [4.78, 5) is 13.5. The van der Waals surface area contributed by atoms with Crippen molar-refractivity contribution in [2.75, 3.05) is 40.0 Å². The van der Waals surface area contributed by atoms with Crippen LogP contribution in [0.2, 0.25) is 0 Å². The van der Waals surface area contributed by atoms with Gasteiger partial charge in [-0.25, -0.2) is 13.6 Å². The Hall–Kier alpha value is -1.73. The highest BCUT2D eigenvalue weighted by Crippen LogP contribution is 2.24. The van der Waals surface area contributed by atoms with E-state index in [1.165, 1.54) is 4.90 Å². The van der Waals surface area contributed by atoms with Gasteiger partial charge in [-0.2, -0.15) is 0 Å². The number of amides is 2. The minimum absolute atomic E-state index is 0.0787. The maximum absolute atomic E-state index is 13.8. The third-order valence-electron chi connectivity index (χ3n) is 3.54. The Morgan fingerprint density at radius 1 is 1.23 bits per heavy atom. The molecule has 0 bridgehead atoms. The van der Waals surface area contributed by atoms with Crippen molar-refractivity contribution in [1.29, 1.82) is 0 Å². The van der Waals surface area contributed by atoms with Gasteiger partial charge in [-0.05, 0) is 24.1 Å². The Labute approximate surface area is 128 Å². The van der Waals surface area contributed by atoms with Crippen LogP contribution in [0.15, 0.2) is 12.1 Å². The Kier molecular flexibility index (Phi) is 6.09. The van der Waals surface area contributed by atoms with Gasteiger partial charge in [0.1, 0.15) is 11.6 Å². The zero-order valence-electron chi connectivity index (χ0n) is 12.5. The molecule has 1 heterocycles. The summed E-state index contributed by atoms with van der Waals surface area (Å²) in [5.41, 5.74) is 0.629. The number of rotatable bonds is 6. The Morgan fingerprint density at radius 2 is 1.95 bits per heavy atom. The molecule has 0 aliphatic carbocycles. The highest BCUT2D eigenvalue weighted by Gasteiger charge is 2.25. The van der Waals surface area contributed by atoms with E-state index in [9.17, 15) is 13.6 Å². The van der Waals surface area contributed by atoms with Crippen LogP contribution in [0, 0.1) is 11.6 Å². The lowest BCUT2D eigenvalue weighted by atomic mass is 9.99. The molecule has 7 heteroatoms. The lowest BCUT2D eigenvalue weighted by molar-refractivity contribution is 0.0719. The predicted molar refractivity (Wildman–Crippen MR) is 76.6 cm³/mol. The largest absolute Gasteiger partial charge is 0.382 e. The first kappa shape index (κ1) is 16.6. The molecule has 0 saturated heterocycles. The lowest BCUT2D eigenvalue weighted by Crippen LogP contribution is -2.44. The molecular weight excluding hydrogens is 294 g/mol. The van der Waals surface area contributed by atoms with Crippen LogP contribution in [0.1, 0.15) is 11.1 Å². The number of nitrogens with zero attached hydrogens (tertiary/aromatic N) is 1. The Morgan fingerprint density at radius 3 is 2.68 bits per heavy atom. The van der Waals surface area contributed by atoms with E-state index in [1.54, 1.807) is 7.11 Å². The number of carbonyl (C=O) groups excluding carboxylic acids is 1. The number of benzene rings is 1. The van der Waals surface area contributed by atoms with Crippen LogP contribution in [-0.2, 0) is 22.4 Å². The topological polar surface area (TPSA) is 50.8 Å². The lowest BCUT2D eigenvalue weighted by Gasteiger charge is -2.29. The van der Waals surface area contributed by atoms with Crippen LogP contribution in [0.25, 0.3) is 0 Å². The minimum Gasteiger partial charge on any atom is -0.382 e. The van der Waals surface area contributed by atoms with Gasteiger partial charge in [-0.1, -0.05) is 0 Å². The van der Waals surface area contributed by atoms with Crippen molar-refractivity contribution in [1.82, 2.24) is 10.2 Å².